The molecule has 7 nitrogen and oxygen atoms in total. The quantitative estimate of drug-likeness (QED) is 0.532. The van der Waals surface area contributed by atoms with Gasteiger partial charge in [-0.3, -0.25) is 20.4 Å². The average molecular weight is 393 g/mol. The summed E-state index contributed by atoms with van der Waals surface area (Å²) in [6.07, 6.45) is 0. The van der Waals surface area contributed by atoms with Gasteiger partial charge < -0.3 is 14.2 Å². The van der Waals surface area contributed by atoms with E-state index in [1.165, 1.54) is 0 Å². The summed E-state index contributed by atoms with van der Waals surface area (Å²) in [5, 5.41) is 0.620. The van der Waals surface area contributed by atoms with Gasteiger partial charge in [-0.05, 0) is 55.0 Å². The van der Waals surface area contributed by atoms with E-state index in [4.69, 9.17) is 25.8 Å². The Hall–Kier alpha value is -2.77. The van der Waals surface area contributed by atoms with Gasteiger partial charge in [0.15, 0.2) is 6.61 Å². The summed E-state index contributed by atoms with van der Waals surface area (Å²) >= 11 is 5.93. The van der Waals surface area contributed by atoms with Crippen molar-refractivity contribution in [3.8, 4) is 11.5 Å². The first-order chi connectivity index (χ1) is 13.0. The van der Waals surface area contributed by atoms with Crippen molar-refractivity contribution in [1.29, 1.82) is 0 Å². The van der Waals surface area contributed by atoms with Gasteiger partial charge in [0.05, 0.1) is 6.61 Å². The standard InChI is InChI=1S/C19H21ClN2O5/c1-13-11-16(7-8-17(13)20)27-12-18(23)21-22-19(24)14-3-5-15(6-4-14)26-10-9-25-2/h3-8,11H,9-10,12H2,1-2H3,(H,21,23)(H,22,24). The van der Waals surface area contributed by atoms with E-state index in [0.29, 0.717) is 35.3 Å². The largest absolute Gasteiger partial charge is 0.491 e. The number of nitrogens with one attached hydrogen (secondary N) is 2. The van der Waals surface area contributed by atoms with Crippen molar-refractivity contribution in [2.75, 3.05) is 26.9 Å². The van der Waals surface area contributed by atoms with Crippen molar-refractivity contribution in [2.24, 2.45) is 0 Å². The lowest BCUT2D eigenvalue weighted by Gasteiger charge is -2.10. The number of ether oxygens (including phenoxy) is 3. The second kappa shape index (κ2) is 10.4. The molecule has 0 atom stereocenters. The maximum Gasteiger partial charge on any atom is 0.276 e. The number of rotatable bonds is 8. The number of hydrogen-bond donors (Lipinski definition) is 2. The van der Waals surface area contributed by atoms with Crippen LogP contribution in [0.15, 0.2) is 42.5 Å². The molecule has 2 N–H and O–H groups in total. The SMILES string of the molecule is COCCOc1ccc(C(=O)NNC(=O)COc2ccc(Cl)c(C)c2)cc1. The third-order valence-electron chi connectivity index (χ3n) is 3.49. The zero-order valence-electron chi connectivity index (χ0n) is 15.1. The Morgan fingerprint density at radius 2 is 1.67 bits per heavy atom. The van der Waals surface area contributed by atoms with Gasteiger partial charge in [-0.2, -0.15) is 0 Å². The molecule has 0 spiro atoms. The summed E-state index contributed by atoms with van der Waals surface area (Å²) in [6.45, 7) is 2.49. The minimum atomic E-state index is -0.490. The summed E-state index contributed by atoms with van der Waals surface area (Å²) in [7, 11) is 1.59. The van der Waals surface area contributed by atoms with Crippen molar-refractivity contribution < 1.29 is 23.8 Å². The number of carbonyl (C=O) groups excluding carboxylic acids is 2. The normalized spacial score (nSPS) is 10.2. The van der Waals surface area contributed by atoms with Crippen molar-refractivity contribution in [3.05, 3.63) is 58.6 Å². The molecule has 0 saturated heterocycles. The molecule has 8 heteroatoms. The van der Waals surface area contributed by atoms with Crippen LogP contribution in [-0.2, 0) is 9.53 Å². The number of halogens is 1. The van der Waals surface area contributed by atoms with Crippen molar-refractivity contribution >= 4 is 23.4 Å². The maximum absolute atomic E-state index is 12.0. The fourth-order valence-electron chi connectivity index (χ4n) is 2.04. The minimum absolute atomic E-state index is 0.242. The molecule has 27 heavy (non-hydrogen) atoms. The summed E-state index contributed by atoms with van der Waals surface area (Å²) in [5.74, 6) is 0.200. The van der Waals surface area contributed by atoms with Gasteiger partial charge in [0.2, 0.25) is 0 Å². The highest BCUT2D eigenvalue weighted by Gasteiger charge is 2.09. The van der Waals surface area contributed by atoms with Crippen molar-refractivity contribution in [3.63, 3.8) is 0 Å². The molecule has 2 aromatic rings. The van der Waals surface area contributed by atoms with Crippen molar-refractivity contribution in [2.45, 2.75) is 6.92 Å². The Balaban J connectivity index is 1.75. The molecule has 0 unspecified atom stereocenters. The van der Waals surface area contributed by atoms with E-state index in [0.717, 1.165) is 5.56 Å². The van der Waals surface area contributed by atoms with E-state index in [1.807, 2.05) is 6.92 Å². The third kappa shape index (κ3) is 6.80. The van der Waals surface area contributed by atoms with E-state index in [-0.39, 0.29) is 6.61 Å². The maximum atomic E-state index is 12.0. The Labute approximate surface area is 162 Å². The number of amides is 2. The molecule has 0 aliphatic carbocycles. The minimum Gasteiger partial charge on any atom is -0.491 e. The van der Waals surface area contributed by atoms with Gasteiger partial charge in [-0.15, -0.1) is 0 Å². The molecule has 0 fully saturated rings. The second-order valence-corrected chi connectivity index (χ2v) is 5.97. The van der Waals surface area contributed by atoms with Crippen LogP contribution in [0.4, 0.5) is 0 Å². The summed E-state index contributed by atoms with van der Waals surface area (Å²) in [4.78, 5) is 23.8. The van der Waals surface area contributed by atoms with Gasteiger partial charge in [0, 0.05) is 17.7 Å². The lowest BCUT2D eigenvalue weighted by atomic mass is 10.2. The molecule has 0 heterocycles. The first-order valence-electron chi connectivity index (χ1n) is 8.19. The molecular formula is C19H21ClN2O5. The molecule has 0 aliphatic heterocycles. The van der Waals surface area contributed by atoms with E-state index >= 15 is 0 Å². The Morgan fingerprint density at radius 3 is 2.33 bits per heavy atom. The van der Waals surface area contributed by atoms with Gasteiger partial charge in [0.25, 0.3) is 11.8 Å². The first kappa shape index (κ1) is 20.5. The number of hydrazine groups is 1. The van der Waals surface area contributed by atoms with Crippen LogP contribution in [-0.4, -0.2) is 38.7 Å². The molecule has 2 aromatic carbocycles. The van der Waals surface area contributed by atoms with Crippen LogP contribution < -0.4 is 20.3 Å². The highest BCUT2D eigenvalue weighted by Crippen LogP contribution is 2.20. The van der Waals surface area contributed by atoms with E-state index in [2.05, 4.69) is 10.9 Å². The fourth-order valence-corrected chi connectivity index (χ4v) is 2.15. The van der Waals surface area contributed by atoms with Gasteiger partial charge in [-0.1, -0.05) is 11.6 Å². The van der Waals surface area contributed by atoms with Crippen LogP contribution in [0.5, 0.6) is 11.5 Å². The van der Waals surface area contributed by atoms with Gasteiger partial charge in [-0.25, -0.2) is 0 Å². The molecule has 2 rings (SSSR count). The topological polar surface area (TPSA) is 85.9 Å². The number of carbonyl (C=O) groups is 2. The number of aryl methyl sites for hydroxylation is 1. The molecule has 0 bridgehead atoms. The fraction of sp³-hybridized carbons (Fsp3) is 0.263. The molecule has 0 radical (unpaired) electrons. The van der Waals surface area contributed by atoms with Crippen LogP contribution in [0.1, 0.15) is 15.9 Å². The van der Waals surface area contributed by atoms with Gasteiger partial charge in [0.1, 0.15) is 18.1 Å². The van der Waals surface area contributed by atoms with Crippen LogP contribution in [0, 0.1) is 6.92 Å². The van der Waals surface area contributed by atoms with E-state index in [1.54, 1.807) is 49.6 Å². The number of benzene rings is 2. The lowest BCUT2D eigenvalue weighted by Crippen LogP contribution is -2.43. The highest BCUT2D eigenvalue weighted by molar-refractivity contribution is 6.31. The lowest BCUT2D eigenvalue weighted by molar-refractivity contribution is -0.123. The van der Waals surface area contributed by atoms with Crippen LogP contribution >= 0.6 is 11.6 Å². The first-order valence-corrected chi connectivity index (χ1v) is 8.57. The van der Waals surface area contributed by atoms with Gasteiger partial charge >= 0.3 is 0 Å². The zero-order chi connectivity index (χ0) is 19.6. The summed E-state index contributed by atoms with van der Waals surface area (Å²) in [6, 6.07) is 11.6. The number of hydrogen-bond acceptors (Lipinski definition) is 5. The monoisotopic (exact) mass is 392 g/mol. The predicted molar refractivity (Wildman–Crippen MR) is 101 cm³/mol. The molecule has 2 amide bonds. The van der Waals surface area contributed by atoms with E-state index in [9.17, 15) is 9.59 Å². The molecule has 0 saturated carbocycles. The molecule has 0 aromatic heterocycles. The average Bonchev–Trinajstić information content (AvgIpc) is 2.67. The number of methoxy groups -OCH3 is 1. The highest BCUT2D eigenvalue weighted by atomic mass is 35.5. The van der Waals surface area contributed by atoms with Crippen LogP contribution in [0.2, 0.25) is 5.02 Å². The van der Waals surface area contributed by atoms with Crippen LogP contribution in [0.3, 0.4) is 0 Å². The zero-order valence-corrected chi connectivity index (χ0v) is 15.8. The summed E-state index contributed by atoms with van der Waals surface area (Å²) < 4.78 is 15.7. The van der Waals surface area contributed by atoms with Crippen molar-refractivity contribution in [1.82, 2.24) is 10.9 Å². The predicted octanol–water partition coefficient (Wildman–Crippen LogP) is 2.51. The Morgan fingerprint density at radius 1 is 0.963 bits per heavy atom. The molecule has 0 aliphatic rings. The Kier molecular flexibility index (Phi) is 7.91. The smallest absolute Gasteiger partial charge is 0.276 e. The third-order valence-corrected chi connectivity index (χ3v) is 3.91. The van der Waals surface area contributed by atoms with E-state index < -0.39 is 11.8 Å². The second-order valence-electron chi connectivity index (χ2n) is 5.57. The van der Waals surface area contributed by atoms with Crippen LogP contribution in [0.25, 0.3) is 0 Å². The summed E-state index contributed by atoms with van der Waals surface area (Å²) in [5.41, 5.74) is 5.85. The molecular weight excluding hydrogens is 372 g/mol. The Bertz CT molecular complexity index is 780. The molecule has 144 valence electrons.